The molecule has 1 unspecified atom stereocenters. The first-order valence-electron chi connectivity index (χ1n) is 10.00. The van der Waals surface area contributed by atoms with Crippen molar-refractivity contribution in [1.29, 1.82) is 0 Å². The van der Waals surface area contributed by atoms with Gasteiger partial charge in [-0.05, 0) is 49.7 Å². The van der Waals surface area contributed by atoms with Crippen LogP contribution in [-0.4, -0.2) is 36.4 Å². The summed E-state index contributed by atoms with van der Waals surface area (Å²) in [5.74, 6) is -0.183. The van der Waals surface area contributed by atoms with Crippen molar-refractivity contribution >= 4 is 15.9 Å². The molecular weight excluding hydrogens is 398 g/mol. The zero-order chi connectivity index (χ0) is 21.3. The number of rotatable bonds is 5. The standard InChI is InChI=1S/C23H25N3O3S/c1-17(2)24-30(28,29)20-11-6-10-19(16-20)23(27)26-15-14-25-13-7-12-21(25)22(26)18-8-4-3-5-9-18/h3-13,16-17,22,24H,14-15H2,1-2H3. The number of fused-ring (bicyclic) bond motifs is 1. The summed E-state index contributed by atoms with van der Waals surface area (Å²) >= 11 is 0. The van der Waals surface area contributed by atoms with Crippen molar-refractivity contribution in [3.63, 3.8) is 0 Å². The molecule has 0 bridgehead atoms. The average Bonchev–Trinajstić information content (AvgIpc) is 3.21. The molecule has 0 spiro atoms. The maximum atomic E-state index is 13.5. The van der Waals surface area contributed by atoms with Crippen LogP contribution in [0.5, 0.6) is 0 Å². The van der Waals surface area contributed by atoms with Gasteiger partial charge in [0, 0.05) is 36.6 Å². The first-order valence-corrected chi connectivity index (χ1v) is 11.5. The minimum absolute atomic E-state index is 0.0960. The molecule has 1 N–H and O–H groups in total. The SMILES string of the molecule is CC(C)NS(=O)(=O)c1cccc(C(=O)N2CCn3cccc3C2c2ccccc2)c1. The third kappa shape index (κ3) is 3.91. The summed E-state index contributed by atoms with van der Waals surface area (Å²) in [6.45, 7) is 4.77. The third-order valence-electron chi connectivity index (χ3n) is 5.20. The molecule has 1 amide bonds. The summed E-state index contributed by atoms with van der Waals surface area (Å²) in [5, 5.41) is 0. The van der Waals surface area contributed by atoms with Crippen molar-refractivity contribution in [1.82, 2.24) is 14.2 Å². The minimum Gasteiger partial charge on any atom is -0.348 e. The molecule has 1 aromatic heterocycles. The number of carbonyl (C=O) groups is 1. The quantitative estimate of drug-likeness (QED) is 0.684. The van der Waals surface area contributed by atoms with Gasteiger partial charge in [-0.25, -0.2) is 13.1 Å². The molecule has 0 radical (unpaired) electrons. The van der Waals surface area contributed by atoms with Gasteiger partial charge in [0.2, 0.25) is 10.0 Å². The summed E-state index contributed by atoms with van der Waals surface area (Å²) < 4.78 is 29.9. The van der Waals surface area contributed by atoms with Gasteiger partial charge in [0.25, 0.3) is 5.91 Å². The Morgan fingerprint density at radius 2 is 1.77 bits per heavy atom. The van der Waals surface area contributed by atoms with Gasteiger partial charge in [0.15, 0.2) is 0 Å². The van der Waals surface area contributed by atoms with Crippen LogP contribution in [0, 0.1) is 0 Å². The second kappa shape index (κ2) is 8.08. The Morgan fingerprint density at radius 1 is 1.00 bits per heavy atom. The van der Waals surface area contributed by atoms with E-state index in [9.17, 15) is 13.2 Å². The van der Waals surface area contributed by atoms with Gasteiger partial charge in [-0.1, -0.05) is 36.4 Å². The molecule has 0 aliphatic carbocycles. The molecule has 156 valence electrons. The van der Waals surface area contributed by atoms with E-state index in [2.05, 4.69) is 9.29 Å². The number of sulfonamides is 1. The van der Waals surface area contributed by atoms with E-state index >= 15 is 0 Å². The van der Waals surface area contributed by atoms with E-state index < -0.39 is 10.0 Å². The van der Waals surface area contributed by atoms with Crippen LogP contribution in [0.2, 0.25) is 0 Å². The van der Waals surface area contributed by atoms with E-state index in [-0.39, 0.29) is 22.9 Å². The average molecular weight is 424 g/mol. The first kappa shape index (κ1) is 20.4. The zero-order valence-electron chi connectivity index (χ0n) is 17.0. The highest BCUT2D eigenvalue weighted by Gasteiger charge is 2.33. The largest absolute Gasteiger partial charge is 0.348 e. The lowest BCUT2D eigenvalue weighted by atomic mass is 9.99. The van der Waals surface area contributed by atoms with Crippen LogP contribution < -0.4 is 4.72 Å². The predicted octanol–water partition coefficient (Wildman–Crippen LogP) is 3.42. The van der Waals surface area contributed by atoms with Gasteiger partial charge in [0.1, 0.15) is 0 Å². The fourth-order valence-electron chi connectivity index (χ4n) is 3.93. The topological polar surface area (TPSA) is 71.4 Å². The smallest absolute Gasteiger partial charge is 0.254 e. The molecule has 1 atom stereocenters. The zero-order valence-corrected chi connectivity index (χ0v) is 17.8. The van der Waals surface area contributed by atoms with Crippen molar-refractivity contribution in [3.8, 4) is 0 Å². The lowest BCUT2D eigenvalue weighted by Crippen LogP contribution is -2.42. The van der Waals surface area contributed by atoms with E-state index in [4.69, 9.17) is 0 Å². The molecule has 7 heteroatoms. The summed E-state index contributed by atoms with van der Waals surface area (Å²) in [6.07, 6.45) is 2.03. The van der Waals surface area contributed by atoms with E-state index in [1.54, 1.807) is 26.0 Å². The number of hydrogen-bond acceptors (Lipinski definition) is 3. The Morgan fingerprint density at radius 3 is 2.50 bits per heavy atom. The third-order valence-corrected chi connectivity index (χ3v) is 6.85. The van der Waals surface area contributed by atoms with Crippen LogP contribution in [0.25, 0.3) is 0 Å². The normalized spacial score (nSPS) is 16.5. The Labute approximate surface area is 177 Å². The fourth-order valence-corrected chi connectivity index (χ4v) is 5.23. The molecule has 6 nitrogen and oxygen atoms in total. The van der Waals surface area contributed by atoms with Crippen LogP contribution in [0.15, 0.2) is 77.8 Å². The number of nitrogens with one attached hydrogen (secondary N) is 1. The molecular formula is C23H25N3O3S. The molecule has 0 saturated heterocycles. The molecule has 0 saturated carbocycles. The Hall–Kier alpha value is -2.90. The van der Waals surface area contributed by atoms with Crippen LogP contribution in [0.4, 0.5) is 0 Å². The van der Waals surface area contributed by atoms with Crippen molar-refractivity contribution < 1.29 is 13.2 Å². The molecule has 1 aliphatic heterocycles. The van der Waals surface area contributed by atoms with Crippen molar-refractivity contribution in [2.24, 2.45) is 0 Å². The fraction of sp³-hybridized carbons (Fsp3) is 0.261. The van der Waals surface area contributed by atoms with Gasteiger partial charge >= 0.3 is 0 Å². The summed E-state index contributed by atoms with van der Waals surface area (Å²) in [5.41, 5.74) is 2.43. The lowest BCUT2D eigenvalue weighted by molar-refractivity contribution is 0.0664. The molecule has 2 heterocycles. The maximum Gasteiger partial charge on any atom is 0.254 e. The highest BCUT2D eigenvalue weighted by molar-refractivity contribution is 7.89. The van der Waals surface area contributed by atoms with Gasteiger partial charge in [-0.15, -0.1) is 0 Å². The number of carbonyl (C=O) groups excluding carboxylic acids is 1. The van der Waals surface area contributed by atoms with Crippen molar-refractivity contribution in [2.75, 3.05) is 6.54 Å². The Kier molecular flexibility index (Phi) is 5.49. The summed E-state index contributed by atoms with van der Waals surface area (Å²) in [7, 11) is -3.68. The van der Waals surface area contributed by atoms with Crippen molar-refractivity contribution in [2.45, 2.75) is 37.4 Å². The number of nitrogens with zero attached hydrogens (tertiary/aromatic N) is 2. The van der Waals surface area contributed by atoms with Crippen LogP contribution in [0.3, 0.4) is 0 Å². The van der Waals surface area contributed by atoms with E-state index in [1.165, 1.54) is 12.1 Å². The maximum absolute atomic E-state index is 13.5. The summed E-state index contributed by atoms with van der Waals surface area (Å²) in [6, 6.07) is 19.7. The van der Waals surface area contributed by atoms with Crippen LogP contribution in [-0.2, 0) is 16.6 Å². The van der Waals surface area contributed by atoms with Crippen molar-refractivity contribution in [3.05, 3.63) is 89.7 Å². The van der Waals surface area contributed by atoms with Gasteiger partial charge in [0.05, 0.1) is 10.9 Å². The molecule has 1 aliphatic rings. The highest BCUT2D eigenvalue weighted by Crippen LogP contribution is 2.33. The van der Waals surface area contributed by atoms with Crippen LogP contribution >= 0.6 is 0 Å². The first-order chi connectivity index (χ1) is 14.4. The molecule has 3 aromatic rings. The predicted molar refractivity (Wildman–Crippen MR) is 116 cm³/mol. The molecule has 30 heavy (non-hydrogen) atoms. The Balaban J connectivity index is 1.72. The van der Waals surface area contributed by atoms with E-state index in [0.29, 0.717) is 18.7 Å². The van der Waals surface area contributed by atoms with Gasteiger partial charge < -0.3 is 9.47 Å². The van der Waals surface area contributed by atoms with E-state index in [0.717, 1.165) is 11.3 Å². The highest BCUT2D eigenvalue weighted by atomic mass is 32.2. The molecule has 2 aromatic carbocycles. The van der Waals surface area contributed by atoms with E-state index in [1.807, 2.05) is 53.6 Å². The number of benzene rings is 2. The molecule has 0 fully saturated rings. The monoisotopic (exact) mass is 423 g/mol. The summed E-state index contributed by atoms with van der Waals surface area (Å²) in [4.78, 5) is 15.4. The Bertz CT molecular complexity index is 1150. The van der Waals surface area contributed by atoms with Gasteiger partial charge in [-0.3, -0.25) is 4.79 Å². The number of amides is 1. The lowest BCUT2D eigenvalue weighted by Gasteiger charge is -2.37. The molecule has 4 rings (SSSR count). The van der Waals surface area contributed by atoms with Gasteiger partial charge in [-0.2, -0.15) is 0 Å². The second-order valence-corrected chi connectivity index (χ2v) is 9.46. The van der Waals surface area contributed by atoms with Crippen LogP contribution in [0.1, 0.15) is 41.5 Å². The number of aromatic nitrogens is 1. The number of hydrogen-bond donors (Lipinski definition) is 1. The second-order valence-electron chi connectivity index (χ2n) is 7.74. The minimum atomic E-state index is -3.68.